The number of nitrogens with zero attached hydrogens (tertiary/aromatic N) is 1. The van der Waals surface area contributed by atoms with Crippen LogP contribution in [0.3, 0.4) is 0 Å². The maximum atomic E-state index is 12.1. The topological polar surface area (TPSA) is 67.6 Å². The van der Waals surface area contributed by atoms with Gasteiger partial charge in [-0.2, -0.15) is 0 Å². The summed E-state index contributed by atoms with van der Waals surface area (Å²) in [5, 5.41) is 2.99. The van der Waals surface area contributed by atoms with Crippen molar-refractivity contribution in [3.05, 3.63) is 0 Å². The molecule has 0 aromatic rings. The molecule has 2 saturated heterocycles. The van der Waals surface area contributed by atoms with Crippen molar-refractivity contribution in [1.29, 1.82) is 0 Å². The Hall–Kier alpha value is -0.650. The molecule has 2 heterocycles. The highest BCUT2D eigenvalue weighted by Crippen LogP contribution is 2.18. The van der Waals surface area contributed by atoms with Gasteiger partial charge in [-0.25, -0.2) is 0 Å². The minimum Gasteiger partial charge on any atom is -0.381 e. The third-order valence-corrected chi connectivity index (χ3v) is 4.29. The summed E-state index contributed by atoms with van der Waals surface area (Å²) in [7, 11) is 0. The highest BCUT2D eigenvalue weighted by Gasteiger charge is 2.35. The van der Waals surface area contributed by atoms with E-state index in [2.05, 4.69) is 17.1 Å². The Kier molecular flexibility index (Phi) is 5.19. The summed E-state index contributed by atoms with van der Waals surface area (Å²) in [6, 6.07) is 0. The molecule has 1 unspecified atom stereocenters. The van der Waals surface area contributed by atoms with Crippen molar-refractivity contribution in [2.24, 2.45) is 11.7 Å². The minimum atomic E-state index is -0.715. The molecule has 3 N–H and O–H groups in total. The predicted molar refractivity (Wildman–Crippen MR) is 74.8 cm³/mol. The number of hydrogen-bond acceptors (Lipinski definition) is 4. The second kappa shape index (κ2) is 6.68. The summed E-state index contributed by atoms with van der Waals surface area (Å²) in [6.45, 7) is 7.41. The lowest BCUT2D eigenvalue weighted by Crippen LogP contribution is -2.57. The number of hydrogen-bond donors (Lipinski definition) is 2. The lowest BCUT2D eigenvalue weighted by atomic mass is 9.90. The Morgan fingerprint density at radius 3 is 2.89 bits per heavy atom. The molecule has 0 radical (unpaired) electrons. The number of amides is 1. The molecule has 19 heavy (non-hydrogen) atoms. The van der Waals surface area contributed by atoms with Gasteiger partial charge in [-0.05, 0) is 38.1 Å². The fourth-order valence-electron chi connectivity index (χ4n) is 2.96. The van der Waals surface area contributed by atoms with Crippen molar-refractivity contribution in [1.82, 2.24) is 10.2 Å². The highest BCUT2D eigenvalue weighted by atomic mass is 16.5. The highest BCUT2D eigenvalue weighted by molar-refractivity contribution is 5.86. The van der Waals surface area contributed by atoms with E-state index < -0.39 is 5.54 Å². The Labute approximate surface area is 115 Å². The van der Waals surface area contributed by atoms with E-state index in [-0.39, 0.29) is 5.91 Å². The third-order valence-electron chi connectivity index (χ3n) is 4.29. The van der Waals surface area contributed by atoms with Gasteiger partial charge in [0, 0.05) is 32.8 Å². The first-order chi connectivity index (χ1) is 9.10. The molecule has 0 aliphatic carbocycles. The molecule has 0 aromatic carbocycles. The lowest BCUT2D eigenvalue weighted by Gasteiger charge is -2.33. The molecule has 0 aromatic heterocycles. The van der Waals surface area contributed by atoms with Crippen LogP contribution in [0, 0.1) is 5.92 Å². The van der Waals surface area contributed by atoms with Gasteiger partial charge in [0.25, 0.3) is 0 Å². The molecule has 0 bridgehead atoms. The van der Waals surface area contributed by atoms with Crippen LogP contribution in [0.1, 0.15) is 32.6 Å². The standard InChI is InChI=1S/C14H27N3O2/c1-12-3-2-7-17(11-12)8-6-16-13(18)14(15)4-9-19-10-5-14/h12H,2-11,15H2,1H3,(H,16,18). The van der Waals surface area contributed by atoms with Crippen molar-refractivity contribution in [3.8, 4) is 0 Å². The van der Waals surface area contributed by atoms with E-state index in [4.69, 9.17) is 10.5 Å². The van der Waals surface area contributed by atoms with Gasteiger partial charge in [0.05, 0.1) is 5.54 Å². The Balaban J connectivity index is 1.68. The predicted octanol–water partition coefficient (Wildman–Crippen LogP) is 0.342. The Morgan fingerprint density at radius 1 is 1.47 bits per heavy atom. The summed E-state index contributed by atoms with van der Waals surface area (Å²) < 4.78 is 5.26. The van der Waals surface area contributed by atoms with Crippen LogP contribution in [0.25, 0.3) is 0 Å². The quantitative estimate of drug-likeness (QED) is 0.772. The third kappa shape index (κ3) is 4.16. The second-order valence-corrected chi connectivity index (χ2v) is 6.07. The number of carbonyl (C=O) groups is 1. The fourth-order valence-corrected chi connectivity index (χ4v) is 2.96. The Morgan fingerprint density at radius 2 is 2.21 bits per heavy atom. The van der Waals surface area contributed by atoms with E-state index in [1.54, 1.807) is 0 Å². The maximum absolute atomic E-state index is 12.1. The number of nitrogens with two attached hydrogens (primary N) is 1. The first-order valence-corrected chi connectivity index (χ1v) is 7.47. The number of piperidine rings is 1. The van der Waals surface area contributed by atoms with Crippen LogP contribution in [-0.2, 0) is 9.53 Å². The van der Waals surface area contributed by atoms with E-state index in [0.717, 1.165) is 25.6 Å². The van der Waals surface area contributed by atoms with Crippen LogP contribution in [-0.4, -0.2) is 55.7 Å². The van der Waals surface area contributed by atoms with E-state index in [1.807, 2.05) is 0 Å². The van der Waals surface area contributed by atoms with E-state index in [1.165, 1.54) is 12.8 Å². The first kappa shape index (κ1) is 14.8. The molecule has 2 aliphatic heterocycles. The zero-order valence-electron chi connectivity index (χ0n) is 12.0. The van der Waals surface area contributed by atoms with Crippen LogP contribution in [0.2, 0.25) is 0 Å². The molecule has 5 heteroatoms. The minimum absolute atomic E-state index is 0.0131. The number of rotatable bonds is 4. The summed E-state index contributed by atoms with van der Waals surface area (Å²) in [6.07, 6.45) is 3.85. The molecule has 0 spiro atoms. The van der Waals surface area contributed by atoms with Crippen molar-refractivity contribution in [2.75, 3.05) is 39.4 Å². The molecule has 1 amide bonds. The largest absolute Gasteiger partial charge is 0.381 e. The number of likely N-dealkylation sites (tertiary alicyclic amines) is 1. The van der Waals surface area contributed by atoms with Gasteiger partial charge >= 0.3 is 0 Å². The summed E-state index contributed by atoms with van der Waals surface area (Å²) in [5.41, 5.74) is 5.42. The van der Waals surface area contributed by atoms with E-state index in [0.29, 0.717) is 32.6 Å². The fraction of sp³-hybridized carbons (Fsp3) is 0.929. The SMILES string of the molecule is CC1CCCN(CCNC(=O)C2(N)CCOCC2)C1. The smallest absolute Gasteiger partial charge is 0.240 e. The average molecular weight is 269 g/mol. The zero-order valence-corrected chi connectivity index (χ0v) is 12.0. The van der Waals surface area contributed by atoms with Gasteiger partial charge in [-0.15, -0.1) is 0 Å². The zero-order chi connectivity index (χ0) is 13.7. The molecular weight excluding hydrogens is 242 g/mol. The van der Waals surface area contributed by atoms with Crippen molar-refractivity contribution < 1.29 is 9.53 Å². The van der Waals surface area contributed by atoms with Crippen LogP contribution in [0.4, 0.5) is 0 Å². The average Bonchev–Trinajstić information content (AvgIpc) is 2.39. The molecule has 2 fully saturated rings. The van der Waals surface area contributed by atoms with Crippen molar-refractivity contribution in [3.63, 3.8) is 0 Å². The lowest BCUT2D eigenvalue weighted by molar-refractivity contribution is -0.129. The maximum Gasteiger partial charge on any atom is 0.240 e. The van der Waals surface area contributed by atoms with Crippen LogP contribution >= 0.6 is 0 Å². The number of nitrogens with one attached hydrogen (secondary N) is 1. The summed E-state index contributed by atoms with van der Waals surface area (Å²) >= 11 is 0. The van der Waals surface area contributed by atoms with Gasteiger partial charge in [-0.3, -0.25) is 4.79 Å². The molecule has 0 saturated carbocycles. The van der Waals surface area contributed by atoms with Gasteiger partial charge < -0.3 is 20.7 Å². The van der Waals surface area contributed by atoms with Gasteiger partial charge in [0.2, 0.25) is 5.91 Å². The van der Waals surface area contributed by atoms with Crippen LogP contribution in [0.5, 0.6) is 0 Å². The van der Waals surface area contributed by atoms with E-state index >= 15 is 0 Å². The van der Waals surface area contributed by atoms with Crippen molar-refractivity contribution >= 4 is 5.91 Å². The van der Waals surface area contributed by atoms with Crippen molar-refractivity contribution in [2.45, 2.75) is 38.1 Å². The monoisotopic (exact) mass is 269 g/mol. The molecule has 2 aliphatic rings. The molecule has 110 valence electrons. The van der Waals surface area contributed by atoms with E-state index in [9.17, 15) is 4.79 Å². The Bertz CT molecular complexity index is 303. The molecule has 1 atom stereocenters. The number of ether oxygens (including phenoxy) is 1. The van der Waals surface area contributed by atoms with Gasteiger partial charge in [0.1, 0.15) is 0 Å². The molecule has 2 rings (SSSR count). The van der Waals surface area contributed by atoms with Gasteiger partial charge in [-0.1, -0.05) is 6.92 Å². The van der Waals surface area contributed by atoms with Crippen LogP contribution < -0.4 is 11.1 Å². The molecular formula is C14H27N3O2. The second-order valence-electron chi connectivity index (χ2n) is 6.07. The summed E-state index contributed by atoms with van der Waals surface area (Å²) in [5.74, 6) is 0.765. The normalized spacial score (nSPS) is 28.0. The summed E-state index contributed by atoms with van der Waals surface area (Å²) in [4.78, 5) is 14.5. The van der Waals surface area contributed by atoms with Gasteiger partial charge in [0.15, 0.2) is 0 Å². The number of carbonyl (C=O) groups excluding carboxylic acids is 1. The molecule has 5 nitrogen and oxygen atoms in total. The first-order valence-electron chi connectivity index (χ1n) is 7.47. The van der Waals surface area contributed by atoms with Crippen LogP contribution in [0.15, 0.2) is 0 Å².